The molecule has 120 valence electrons. The van der Waals surface area contributed by atoms with E-state index in [1.807, 2.05) is 38.2 Å². The number of hydrogen-bond acceptors (Lipinski definition) is 2. The molecule has 1 N–H and O–H groups in total. The fourth-order valence-corrected chi connectivity index (χ4v) is 2.66. The molecule has 2 heteroatoms. The zero-order chi connectivity index (χ0) is 16.5. The second-order valence-corrected chi connectivity index (χ2v) is 6.22. The van der Waals surface area contributed by atoms with Crippen molar-refractivity contribution in [3.63, 3.8) is 0 Å². The van der Waals surface area contributed by atoms with Gasteiger partial charge in [0.05, 0.1) is 0 Å². The van der Waals surface area contributed by atoms with E-state index in [1.54, 1.807) is 0 Å². The average molecular weight is 298 g/mol. The zero-order valence-electron chi connectivity index (χ0n) is 14.4. The van der Waals surface area contributed by atoms with Crippen LogP contribution in [0, 0.1) is 11.8 Å². The molecule has 0 atom stereocenters. The average Bonchev–Trinajstić information content (AvgIpc) is 2.50. The van der Waals surface area contributed by atoms with Crippen LogP contribution in [0.4, 0.5) is 0 Å². The van der Waals surface area contributed by atoms with Gasteiger partial charge in [-0.3, -0.25) is 0 Å². The Morgan fingerprint density at radius 1 is 1.18 bits per heavy atom. The van der Waals surface area contributed by atoms with Crippen LogP contribution in [0.15, 0.2) is 65.1 Å². The first-order chi connectivity index (χ1) is 10.5. The van der Waals surface area contributed by atoms with Crippen molar-refractivity contribution in [2.75, 3.05) is 0 Å². The maximum absolute atomic E-state index is 4.21. The third-order valence-corrected chi connectivity index (χ3v) is 4.22. The first-order valence-electron chi connectivity index (χ1n) is 8.11. The molecule has 0 amide bonds. The van der Waals surface area contributed by atoms with Crippen molar-refractivity contribution >= 4 is 6.72 Å². The summed E-state index contributed by atoms with van der Waals surface area (Å²) in [6.45, 7) is 18.2. The summed E-state index contributed by atoms with van der Waals surface area (Å²) in [5, 5.41) is 3.34. The lowest BCUT2D eigenvalue weighted by molar-refractivity contribution is 0.314. The third kappa shape index (κ3) is 5.88. The van der Waals surface area contributed by atoms with Crippen LogP contribution >= 0.6 is 0 Å². The number of aliphatic imine (C=N–C) groups is 1. The van der Waals surface area contributed by atoms with E-state index in [-0.39, 0.29) is 0 Å². The van der Waals surface area contributed by atoms with Crippen molar-refractivity contribution < 1.29 is 0 Å². The van der Waals surface area contributed by atoms with Gasteiger partial charge >= 0.3 is 0 Å². The van der Waals surface area contributed by atoms with Crippen molar-refractivity contribution in [1.29, 1.82) is 0 Å². The lowest BCUT2D eigenvalue weighted by atomic mass is 9.81. The van der Waals surface area contributed by atoms with Crippen LogP contribution in [0.5, 0.6) is 0 Å². The number of allylic oxidation sites excluding steroid dienone is 7. The van der Waals surface area contributed by atoms with Gasteiger partial charge in [-0.1, -0.05) is 56.7 Å². The summed E-state index contributed by atoms with van der Waals surface area (Å²) in [6, 6.07) is 0. The molecule has 1 aliphatic rings. The Balaban J connectivity index is 2.78. The number of rotatable bonds is 7. The number of nitrogens with zero attached hydrogens (tertiary/aromatic N) is 1. The Bertz CT molecular complexity index is 498. The fourth-order valence-electron chi connectivity index (χ4n) is 2.66. The minimum atomic E-state index is 0.536. The van der Waals surface area contributed by atoms with Crippen LogP contribution in [0.3, 0.4) is 0 Å². The summed E-state index contributed by atoms with van der Waals surface area (Å²) in [5.74, 6) is 2.12. The zero-order valence-corrected chi connectivity index (χ0v) is 14.4. The maximum Gasteiger partial charge on any atom is 0.129 e. The summed E-state index contributed by atoms with van der Waals surface area (Å²) >= 11 is 0. The minimum Gasteiger partial charge on any atom is -0.344 e. The first kappa shape index (κ1) is 18.2. The highest BCUT2D eigenvalue weighted by Gasteiger charge is 2.20. The molecule has 1 aliphatic carbocycles. The molecule has 1 fully saturated rings. The lowest BCUT2D eigenvalue weighted by Gasteiger charge is -2.28. The summed E-state index contributed by atoms with van der Waals surface area (Å²) in [4.78, 5) is 4.10. The Morgan fingerprint density at radius 2 is 1.82 bits per heavy atom. The second-order valence-electron chi connectivity index (χ2n) is 6.22. The molecule has 0 heterocycles. The fraction of sp³-hybridized carbons (Fsp3) is 0.450. The van der Waals surface area contributed by atoms with Crippen LogP contribution in [-0.2, 0) is 0 Å². The normalized spacial score (nSPS) is 23.4. The van der Waals surface area contributed by atoms with Gasteiger partial charge in [-0.15, -0.1) is 0 Å². The molecular weight excluding hydrogens is 268 g/mol. The van der Waals surface area contributed by atoms with Gasteiger partial charge in [-0.05, 0) is 56.9 Å². The molecule has 0 spiro atoms. The first-order valence-corrected chi connectivity index (χ1v) is 8.11. The van der Waals surface area contributed by atoms with Gasteiger partial charge in [0.2, 0.25) is 0 Å². The van der Waals surface area contributed by atoms with Crippen molar-refractivity contribution in [3.8, 4) is 0 Å². The van der Waals surface area contributed by atoms with E-state index in [0.717, 1.165) is 28.6 Å². The molecule has 0 saturated heterocycles. The van der Waals surface area contributed by atoms with E-state index >= 15 is 0 Å². The predicted molar refractivity (Wildman–Crippen MR) is 98.7 cm³/mol. The van der Waals surface area contributed by atoms with Gasteiger partial charge in [0.1, 0.15) is 5.82 Å². The molecule has 0 aromatic heterocycles. The summed E-state index contributed by atoms with van der Waals surface area (Å²) in [5.41, 5.74) is 3.09. The van der Waals surface area contributed by atoms with Crippen molar-refractivity contribution in [3.05, 3.63) is 60.1 Å². The van der Waals surface area contributed by atoms with Crippen LogP contribution in [-0.4, -0.2) is 6.72 Å². The Labute approximate surface area is 136 Å². The molecule has 0 aromatic carbocycles. The maximum atomic E-state index is 4.21. The lowest BCUT2D eigenvalue weighted by Crippen LogP contribution is -2.22. The van der Waals surface area contributed by atoms with Gasteiger partial charge in [0.15, 0.2) is 0 Å². The largest absolute Gasteiger partial charge is 0.344 e. The monoisotopic (exact) mass is 298 g/mol. The molecule has 0 aromatic rings. The molecule has 1 saturated carbocycles. The van der Waals surface area contributed by atoms with E-state index in [2.05, 4.69) is 37.1 Å². The van der Waals surface area contributed by atoms with Crippen LogP contribution in [0.1, 0.15) is 46.5 Å². The Kier molecular flexibility index (Phi) is 7.65. The molecular formula is C20H30N2. The molecule has 1 rings (SSSR count). The highest BCUT2D eigenvalue weighted by atomic mass is 15.0. The van der Waals surface area contributed by atoms with E-state index < -0.39 is 0 Å². The molecule has 0 radical (unpaired) electrons. The highest BCUT2D eigenvalue weighted by molar-refractivity contribution is 5.42. The molecule has 0 unspecified atom stereocenters. The van der Waals surface area contributed by atoms with E-state index in [9.17, 15) is 0 Å². The number of hydrogen-bond donors (Lipinski definition) is 1. The topological polar surface area (TPSA) is 24.4 Å². The summed E-state index contributed by atoms with van der Waals surface area (Å²) in [7, 11) is 0. The van der Waals surface area contributed by atoms with Gasteiger partial charge in [-0.2, -0.15) is 0 Å². The van der Waals surface area contributed by atoms with Gasteiger partial charge in [0, 0.05) is 5.70 Å². The Hall–Kier alpha value is -1.83. The van der Waals surface area contributed by atoms with Gasteiger partial charge in [0.25, 0.3) is 0 Å². The standard InChI is InChI=1S/C20H30N2/c1-7-8-9-19(15(2)3)14-20(21-6)22-17(5)18-12-10-16(4)11-13-18/h7-9,14,16,18,22H,2,5-6,10-13H2,1,3-4H3/b8-7-,19-9-,20-14+. The van der Waals surface area contributed by atoms with Crippen LogP contribution in [0.25, 0.3) is 0 Å². The molecule has 2 nitrogen and oxygen atoms in total. The highest BCUT2D eigenvalue weighted by Crippen LogP contribution is 2.31. The van der Waals surface area contributed by atoms with Crippen molar-refractivity contribution in [2.24, 2.45) is 16.8 Å². The van der Waals surface area contributed by atoms with E-state index in [1.165, 1.54) is 25.7 Å². The SMILES string of the molecule is C=N\C(=C/C(=C/C=C\C)C(=C)C)NC(=C)C1CCC(C)CC1. The van der Waals surface area contributed by atoms with Crippen molar-refractivity contribution in [2.45, 2.75) is 46.5 Å². The van der Waals surface area contributed by atoms with E-state index in [4.69, 9.17) is 0 Å². The van der Waals surface area contributed by atoms with Gasteiger partial charge in [-0.25, -0.2) is 4.99 Å². The quantitative estimate of drug-likeness (QED) is 0.484. The van der Waals surface area contributed by atoms with Crippen LogP contribution in [0.2, 0.25) is 0 Å². The molecule has 22 heavy (non-hydrogen) atoms. The summed E-state index contributed by atoms with van der Waals surface area (Å²) in [6.07, 6.45) is 13.0. The predicted octanol–water partition coefficient (Wildman–Crippen LogP) is 5.54. The van der Waals surface area contributed by atoms with Crippen LogP contribution < -0.4 is 5.32 Å². The van der Waals surface area contributed by atoms with Crippen molar-refractivity contribution in [1.82, 2.24) is 5.32 Å². The minimum absolute atomic E-state index is 0.536. The number of nitrogens with one attached hydrogen (secondary N) is 1. The Morgan fingerprint density at radius 3 is 2.32 bits per heavy atom. The van der Waals surface area contributed by atoms with E-state index in [0.29, 0.717) is 5.92 Å². The third-order valence-electron chi connectivity index (χ3n) is 4.22. The second kappa shape index (κ2) is 9.24. The van der Waals surface area contributed by atoms with Gasteiger partial charge < -0.3 is 5.32 Å². The molecule has 0 aliphatic heterocycles. The summed E-state index contributed by atoms with van der Waals surface area (Å²) < 4.78 is 0. The molecule has 0 bridgehead atoms. The smallest absolute Gasteiger partial charge is 0.129 e.